The lowest BCUT2D eigenvalue weighted by Gasteiger charge is -2.14. The Hall–Kier alpha value is -4.83. The number of anilines is 1. The highest BCUT2D eigenvalue weighted by Crippen LogP contribution is 2.37. The first-order valence-electron chi connectivity index (χ1n) is 11.4. The van der Waals surface area contributed by atoms with Gasteiger partial charge in [0.15, 0.2) is 11.5 Å². The number of nitrogens with two attached hydrogens (primary N) is 1. The van der Waals surface area contributed by atoms with E-state index >= 15 is 0 Å². The lowest BCUT2D eigenvalue weighted by molar-refractivity contribution is -0.539. The molecule has 3 aromatic carbocycles. The van der Waals surface area contributed by atoms with E-state index in [-0.39, 0.29) is 5.84 Å². The second-order valence-corrected chi connectivity index (χ2v) is 7.86. The maximum atomic E-state index is 12.4. The highest BCUT2D eigenvalue weighted by molar-refractivity contribution is 6.11. The maximum Gasteiger partial charge on any atom is 0.324 e. The molecule has 37 heavy (non-hydrogen) atoms. The van der Waals surface area contributed by atoms with Crippen LogP contribution in [0.2, 0.25) is 0 Å². The monoisotopic (exact) mass is 502 g/mol. The van der Waals surface area contributed by atoms with Crippen LogP contribution in [0.5, 0.6) is 28.7 Å². The second kappa shape index (κ2) is 11.3. The van der Waals surface area contributed by atoms with Crippen molar-refractivity contribution in [2.24, 2.45) is 0 Å². The van der Waals surface area contributed by atoms with Crippen molar-refractivity contribution < 1.29 is 29.1 Å². The molecule has 5 N–H and O–H groups in total. The lowest BCUT2D eigenvalue weighted by Crippen LogP contribution is -2.73. The number of quaternary nitrogens is 1. The number of methoxy groups -OCH3 is 3. The molecule has 4 aromatic rings. The molecule has 190 valence electrons. The molecule has 0 fully saturated rings. The Balaban J connectivity index is 1.52. The van der Waals surface area contributed by atoms with E-state index in [1.807, 2.05) is 18.4 Å². The zero-order valence-corrected chi connectivity index (χ0v) is 20.9. The molecule has 1 aromatic heterocycles. The van der Waals surface area contributed by atoms with Crippen LogP contribution in [0.25, 0.3) is 10.9 Å². The summed E-state index contributed by atoms with van der Waals surface area (Å²) < 4.78 is 22.1. The number of pyridine rings is 1. The van der Waals surface area contributed by atoms with Crippen molar-refractivity contribution in [3.63, 3.8) is 0 Å². The summed E-state index contributed by atoms with van der Waals surface area (Å²) in [5.41, 5.74) is 2.55. The molecule has 0 radical (unpaired) electrons. The van der Waals surface area contributed by atoms with Crippen LogP contribution in [0.15, 0.2) is 66.9 Å². The number of carbonyl (C=O) groups is 1. The number of nitrogens with one attached hydrogen (secondary N) is 3. The smallest absolute Gasteiger partial charge is 0.324 e. The summed E-state index contributed by atoms with van der Waals surface area (Å²) in [6.07, 6.45) is 1.66. The van der Waals surface area contributed by atoms with E-state index < -0.39 is 6.03 Å². The van der Waals surface area contributed by atoms with E-state index in [1.54, 1.807) is 82.1 Å². The van der Waals surface area contributed by atoms with Gasteiger partial charge < -0.3 is 29.6 Å². The Morgan fingerprint density at radius 1 is 0.865 bits per heavy atom. The van der Waals surface area contributed by atoms with E-state index in [0.717, 1.165) is 11.1 Å². The van der Waals surface area contributed by atoms with Gasteiger partial charge in [0.1, 0.15) is 28.8 Å². The molecule has 0 saturated heterocycles. The number of hydrogen-bond acceptors (Lipinski definition) is 7. The molecule has 0 atom stereocenters. The number of ether oxygens (including phenoxy) is 4. The number of carbonyl (C=O) groups excluding carboxylic acids is 1. The number of fused-ring (bicyclic) bond motifs is 1. The fourth-order valence-electron chi connectivity index (χ4n) is 3.75. The molecule has 1 heterocycles. The molecule has 0 aliphatic heterocycles. The van der Waals surface area contributed by atoms with Crippen LogP contribution in [0.1, 0.15) is 5.56 Å². The van der Waals surface area contributed by atoms with Crippen LogP contribution >= 0.6 is 0 Å². The number of amides is 2. The summed E-state index contributed by atoms with van der Waals surface area (Å²) in [7, 11) is 6.57. The Kier molecular flexibility index (Phi) is 7.70. The van der Waals surface area contributed by atoms with E-state index in [9.17, 15) is 4.79 Å². The zero-order valence-electron chi connectivity index (χ0n) is 20.9. The number of rotatable bonds is 8. The quantitative estimate of drug-likeness (QED) is 0.163. The first kappa shape index (κ1) is 25.3. The number of urea groups is 1. The summed E-state index contributed by atoms with van der Waals surface area (Å²) in [6, 6.07) is 17.0. The van der Waals surface area contributed by atoms with Gasteiger partial charge in [0, 0.05) is 29.4 Å². The minimum absolute atomic E-state index is 0.0446. The Bertz CT molecular complexity index is 1440. The van der Waals surface area contributed by atoms with Crippen molar-refractivity contribution in [1.29, 1.82) is 5.41 Å². The van der Waals surface area contributed by atoms with Crippen molar-refractivity contribution >= 4 is 34.1 Å². The van der Waals surface area contributed by atoms with Gasteiger partial charge in [-0.2, -0.15) is 0 Å². The molecule has 10 heteroatoms. The Labute approximate surface area is 214 Å². The minimum Gasteiger partial charge on any atom is -0.497 e. The van der Waals surface area contributed by atoms with Crippen LogP contribution in [-0.2, 0) is 0 Å². The molecule has 0 saturated carbocycles. The number of amidine groups is 1. The lowest BCUT2D eigenvalue weighted by atomic mass is 10.1. The molecular weight excluding hydrogens is 474 g/mol. The van der Waals surface area contributed by atoms with Gasteiger partial charge in [-0.1, -0.05) is 0 Å². The molecule has 2 amide bonds. The summed E-state index contributed by atoms with van der Waals surface area (Å²) >= 11 is 0. The summed E-state index contributed by atoms with van der Waals surface area (Å²) in [6.45, 7) is 0. The van der Waals surface area contributed by atoms with Gasteiger partial charge in [0.05, 0.1) is 39.5 Å². The van der Waals surface area contributed by atoms with Gasteiger partial charge in [-0.25, -0.2) is 4.79 Å². The average molecular weight is 503 g/mol. The van der Waals surface area contributed by atoms with Gasteiger partial charge in [0.2, 0.25) is 0 Å². The Morgan fingerprint density at radius 2 is 1.57 bits per heavy atom. The third-order valence-electron chi connectivity index (χ3n) is 5.62. The number of hydrogen-bond donors (Lipinski definition) is 4. The van der Waals surface area contributed by atoms with Gasteiger partial charge in [0.25, 0.3) is 0 Å². The number of nitrogens with zero attached hydrogens (tertiary/aromatic N) is 1. The summed E-state index contributed by atoms with van der Waals surface area (Å²) in [5.74, 6) is 2.94. The third-order valence-corrected chi connectivity index (χ3v) is 5.62. The second-order valence-electron chi connectivity index (χ2n) is 7.86. The summed E-state index contributed by atoms with van der Waals surface area (Å²) in [4.78, 5) is 16.8. The molecule has 0 unspecified atom stereocenters. The highest BCUT2D eigenvalue weighted by atomic mass is 16.5. The normalized spacial score (nSPS) is 10.5. The van der Waals surface area contributed by atoms with Crippen molar-refractivity contribution in [1.82, 2.24) is 10.3 Å². The van der Waals surface area contributed by atoms with Gasteiger partial charge >= 0.3 is 6.03 Å². The standard InChI is InChI=1S/C27H27N5O5/c1-29-21-13-18(37-23-11-12-30-22-15-25(36-4)24(35-3)14-20(22)23)9-10-19(21)26(28)32-27(33)31-16-5-7-17(34-2)8-6-16/h5-15,29H,1-4H3,(H3,28,31,32,33)/p+1. The topological polar surface area (TPSA) is 131 Å². The van der Waals surface area contributed by atoms with Crippen LogP contribution in [0.4, 0.5) is 16.2 Å². The SMILES string of the molecule is C[NH2+]c1cc(Oc2ccnc3cc(OC)c(OC)cc23)ccc1C(=N)NC(=O)Nc1ccc(OC)cc1. The molecule has 0 spiro atoms. The fraction of sp³-hybridized carbons (Fsp3) is 0.148. The van der Waals surface area contributed by atoms with Crippen LogP contribution < -0.4 is 34.9 Å². The third kappa shape index (κ3) is 5.71. The van der Waals surface area contributed by atoms with Gasteiger partial charge in [-0.3, -0.25) is 15.7 Å². The molecular formula is C27H28N5O5+. The largest absolute Gasteiger partial charge is 0.497 e. The predicted molar refractivity (Wildman–Crippen MR) is 141 cm³/mol. The van der Waals surface area contributed by atoms with Crippen LogP contribution in [0, 0.1) is 5.41 Å². The molecule has 0 bridgehead atoms. The Morgan fingerprint density at radius 3 is 2.24 bits per heavy atom. The highest BCUT2D eigenvalue weighted by Gasteiger charge is 2.16. The first-order chi connectivity index (χ1) is 17.9. The van der Waals surface area contributed by atoms with Crippen LogP contribution in [-0.4, -0.2) is 45.2 Å². The molecule has 10 nitrogen and oxygen atoms in total. The van der Waals surface area contributed by atoms with Crippen LogP contribution in [0.3, 0.4) is 0 Å². The minimum atomic E-state index is -0.523. The predicted octanol–water partition coefficient (Wildman–Crippen LogP) is 4.02. The van der Waals surface area contributed by atoms with Gasteiger partial charge in [-0.15, -0.1) is 0 Å². The van der Waals surface area contributed by atoms with Crippen molar-refractivity contribution in [2.45, 2.75) is 0 Å². The molecule has 0 aliphatic rings. The van der Waals surface area contributed by atoms with E-state index in [0.29, 0.717) is 45.5 Å². The van der Waals surface area contributed by atoms with E-state index in [4.69, 9.17) is 24.4 Å². The average Bonchev–Trinajstić information content (AvgIpc) is 2.92. The molecule has 4 rings (SSSR count). The van der Waals surface area contributed by atoms with Crippen molar-refractivity contribution in [2.75, 3.05) is 33.7 Å². The first-order valence-corrected chi connectivity index (χ1v) is 11.4. The van der Waals surface area contributed by atoms with Crippen molar-refractivity contribution in [3.05, 3.63) is 72.4 Å². The number of benzene rings is 3. The van der Waals surface area contributed by atoms with E-state index in [1.165, 1.54) is 0 Å². The van der Waals surface area contributed by atoms with E-state index in [2.05, 4.69) is 15.6 Å². The van der Waals surface area contributed by atoms with Gasteiger partial charge in [-0.05, 0) is 48.5 Å². The number of aromatic nitrogens is 1. The molecule has 0 aliphatic carbocycles. The van der Waals surface area contributed by atoms with Crippen molar-refractivity contribution in [3.8, 4) is 28.7 Å². The summed E-state index contributed by atoms with van der Waals surface area (Å²) in [5, 5.41) is 16.3. The zero-order chi connectivity index (χ0) is 26.4. The maximum absolute atomic E-state index is 12.4. The fourth-order valence-corrected chi connectivity index (χ4v) is 3.75.